The van der Waals surface area contributed by atoms with Crippen molar-refractivity contribution in [2.24, 2.45) is 17.3 Å². The Morgan fingerprint density at radius 2 is 1.79 bits per heavy atom. The van der Waals surface area contributed by atoms with Crippen molar-refractivity contribution >= 4 is 27.7 Å². The minimum absolute atomic E-state index is 0.00990. The molecule has 4 fully saturated rings. The Balaban J connectivity index is 1.32. The molecule has 0 saturated heterocycles. The van der Waals surface area contributed by atoms with E-state index in [-0.39, 0.29) is 22.7 Å². The highest BCUT2D eigenvalue weighted by molar-refractivity contribution is 9.10. The van der Waals surface area contributed by atoms with Crippen molar-refractivity contribution in [3.8, 4) is 5.69 Å². The van der Waals surface area contributed by atoms with Crippen LogP contribution in [0, 0.1) is 31.1 Å². The quantitative estimate of drug-likeness (QED) is 0.246. The van der Waals surface area contributed by atoms with Gasteiger partial charge in [-0.1, -0.05) is 22.0 Å². The molecule has 1 heterocycles. The zero-order valence-electron chi connectivity index (χ0n) is 19.2. The topological polar surface area (TPSA) is 48.3 Å². The van der Waals surface area contributed by atoms with Crippen LogP contribution in [-0.2, 0) is 15.7 Å². The fourth-order valence-corrected chi connectivity index (χ4v) is 8.47. The van der Waals surface area contributed by atoms with E-state index in [2.05, 4.69) is 15.9 Å². The number of carbonyl (C=O) groups excluding carboxylic acids is 2. The molecule has 4 bridgehead atoms. The first-order valence-electron chi connectivity index (χ1n) is 11.7. The molecular weight excluding hydrogens is 511 g/mol. The average molecular weight is 538 g/mol. The summed E-state index contributed by atoms with van der Waals surface area (Å²) < 4.78 is 46.7. The number of aromatic nitrogens is 1. The molecule has 0 aliphatic heterocycles. The van der Waals surface area contributed by atoms with Gasteiger partial charge in [0.2, 0.25) is 5.78 Å². The summed E-state index contributed by atoms with van der Waals surface area (Å²) >= 11 is 3.89. The van der Waals surface area contributed by atoms with Crippen LogP contribution in [0.2, 0.25) is 0 Å². The Labute approximate surface area is 205 Å². The van der Waals surface area contributed by atoms with Crippen LogP contribution in [0.4, 0.5) is 13.2 Å². The molecule has 182 valence electrons. The third-order valence-electron chi connectivity index (χ3n) is 7.92. The molecule has 4 aliphatic carbocycles. The number of rotatable bonds is 5. The van der Waals surface area contributed by atoms with Crippen molar-refractivity contribution < 1.29 is 27.5 Å². The van der Waals surface area contributed by atoms with E-state index in [0.29, 0.717) is 34.5 Å². The summed E-state index contributed by atoms with van der Waals surface area (Å²) in [5.74, 6) is 0.411. The van der Waals surface area contributed by atoms with Crippen LogP contribution < -0.4 is 0 Å². The van der Waals surface area contributed by atoms with E-state index in [1.807, 2.05) is 0 Å². The van der Waals surface area contributed by atoms with Crippen molar-refractivity contribution in [3.05, 3.63) is 52.8 Å². The summed E-state index contributed by atoms with van der Waals surface area (Å²) in [7, 11) is 0. The molecule has 0 N–H and O–H groups in total. The molecule has 0 spiro atoms. The van der Waals surface area contributed by atoms with Crippen LogP contribution in [0.1, 0.15) is 65.8 Å². The number of nitrogens with zero attached hydrogens (tertiary/aromatic N) is 1. The number of alkyl halides is 4. The number of hydrogen-bond donors (Lipinski definition) is 0. The molecule has 0 amide bonds. The molecule has 1 aromatic carbocycles. The Morgan fingerprint density at radius 3 is 2.41 bits per heavy atom. The molecule has 8 heteroatoms. The maximum absolute atomic E-state index is 13.2. The summed E-state index contributed by atoms with van der Waals surface area (Å²) in [6.45, 7) is 3.06. The van der Waals surface area contributed by atoms with E-state index >= 15 is 0 Å². The molecule has 34 heavy (non-hydrogen) atoms. The molecule has 0 radical (unpaired) electrons. The number of esters is 1. The van der Waals surface area contributed by atoms with Gasteiger partial charge in [-0.2, -0.15) is 13.2 Å². The minimum Gasteiger partial charge on any atom is -0.457 e. The first kappa shape index (κ1) is 23.6. The van der Waals surface area contributed by atoms with E-state index in [9.17, 15) is 22.8 Å². The van der Waals surface area contributed by atoms with Gasteiger partial charge in [-0.15, -0.1) is 0 Å². The summed E-state index contributed by atoms with van der Waals surface area (Å²) in [5.41, 5.74) is 0.575. The van der Waals surface area contributed by atoms with Crippen molar-refractivity contribution in [1.29, 1.82) is 0 Å². The van der Waals surface area contributed by atoms with Crippen LogP contribution in [0.3, 0.4) is 0 Å². The lowest BCUT2D eigenvalue weighted by molar-refractivity contribution is -0.168. The standard InChI is InChI=1S/C26H27BrF3NO3/c1-15-6-21(16(2)31(15)20-5-3-4-19(8-20)26(28,29)30)22(32)13-34-23(33)24-9-17-7-18(10-24)12-25(27,11-17)14-24/h3-6,8,17-18H,7,9-14H2,1-2H3/t17-,18+,24?,25?. The van der Waals surface area contributed by atoms with Gasteiger partial charge in [-0.05, 0) is 88.5 Å². The lowest BCUT2D eigenvalue weighted by Crippen LogP contribution is -2.56. The fraction of sp³-hybridized carbons (Fsp3) is 0.538. The Kier molecular flexibility index (Phi) is 5.54. The second-order valence-corrected chi connectivity index (χ2v) is 12.2. The van der Waals surface area contributed by atoms with E-state index in [1.54, 1.807) is 30.5 Å². The third-order valence-corrected chi connectivity index (χ3v) is 8.85. The highest BCUT2D eigenvalue weighted by atomic mass is 79.9. The molecule has 4 atom stereocenters. The SMILES string of the molecule is Cc1cc(C(=O)COC(=O)C23C[C@@H]4C[C@@H](CC(Br)(C4)C2)C3)c(C)n1-c1cccc(C(F)(F)F)c1. The maximum Gasteiger partial charge on any atom is 0.416 e. The first-order chi connectivity index (χ1) is 15.9. The number of benzene rings is 1. The Hall–Kier alpha value is -2.09. The zero-order valence-corrected chi connectivity index (χ0v) is 20.8. The molecule has 4 nitrogen and oxygen atoms in total. The molecule has 4 aliphatic rings. The highest BCUT2D eigenvalue weighted by Crippen LogP contribution is 2.64. The van der Waals surface area contributed by atoms with Gasteiger partial charge in [0.15, 0.2) is 6.61 Å². The number of halogens is 4. The zero-order chi connectivity index (χ0) is 24.5. The van der Waals surface area contributed by atoms with E-state index in [4.69, 9.17) is 4.74 Å². The van der Waals surface area contributed by atoms with Crippen molar-refractivity contribution in [3.63, 3.8) is 0 Å². The first-order valence-corrected chi connectivity index (χ1v) is 12.4. The lowest BCUT2D eigenvalue weighted by atomic mass is 9.49. The Bertz CT molecular complexity index is 1150. The predicted molar refractivity (Wildman–Crippen MR) is 124 cm³/mol. The van der Waals surface area contributed by atoms with Gasteiger partial charge < -0.3 is 9.30 Å². The average Bonchev–Trinajstić information content (AvgIpc) is 3.03. The van der Waals surface area contributed by atoms with Crippen molar-refractivity contribution in [2.75, 3.05) is 6.61 Å². The molecule has 6 rings (SSSR count). The summed E-state index contributed by atoms with van der Waals surface area (Å²) in [4.78, 5) is 26.2. The van der Waals surface area contributed by atoms with E-state index in [0.717, 1.165) is 44.2 Å². The second-order valence-electron chi connectivity index (χ2n) is 10.6. The minimum atomic E-state index is -4.46. The van der Waals surface area contributed by atoms with E-state index < -0.39 is 17.2 Å². The summed E-state index contributed by atoms with van der Waals surface area (Å²) in [6, 6.07) is 6.65. The van der Waals surface area contributed by atoms with Gasteiger partial charge in [0.05, 0.1) is 11.0 Å². The van der Waals surface area contributed by atoms with Gasteiger partial charge in [-0.25, -0.2) is 0 Å². The van der Waals surface area contributed by atoms with Gasteiger partial charge >= 0.3 is 12.1 Å². The van der Waals surface area contributed by atoms with Crippen LogP contribution in [0.15, 0.2) is 30.3 Å². The second kappa shape index (κ2) is 7.97. The lowest BCUT2D eigenvalue weighted by Gasteiger charge is -2.58. The monoisotopic (exact) mass is 537 g/mol. The number of ether oxygens (including phenoxy) is 1. The number of aryl methyl sites for hydroxylation is 1. The summed E-state index contributed by atoms with van der Waals surface area (Å²) in [5, 5.41) is 0. The smallest absolute Gasteiger partial charge is 0.416 e. The highest BCUT2D eigenvalue weighted by Gasteiger charge is 2.60. The van der Waals surface area contributed by atoms with Crippen molar-refractivity contribution in [1.82, 2.24) is 4.57 Å². The van der Waals surface area contributed by atoms with Gasteiger partial charge in [0, 0.05) is 27.0 Å². The van der Waals surface area contributed by atoms with Crippen LogP contribution in [0.5, 0.6) is 0 Å². The van der Waals surface area contributed by atoms with Gasteiger partial charge in [0.25, 0.3) is 0 Å². The number of carbonyl (C=O) groups is 2. The predicted octanol–water partition coefficient (Wildman–Crippen LogP) is 6.57. The maximum atomic E-state index is 13.2. The number of hydrogen-bond acceptors (Lipinski definition) is 3. The van der Waals surface area contributed by atoms with Gasteiger partial charge in [0.1, 0.15) is 0 Å². The number of Topliss-reactive ketones (excluding diaryl/α,β-unsaturated/α-hetero) is 1. The van der Waals surface area contributed by atoms with Crippen LogP contribution in [-0.4, -0.2) is 27.3 Å². The molecule has 1 aromatic heterocycles. The van der Waals surface area contributed by atoms with Gasteiger partial charge in [-0.3, -0.25) is 9.59 Å². The summed E-state index contributed by atoms with van der Waals surface area (Å²) in [6.07, 6.45) is 1.32. The number of ketones is 1. The van der Waals surface area contributed by atoms with Crippen molar-refractivity contribution in [2.45, 2.75) is 62.9 Å². The fourth-order valence-electron chi connectivity index (χ4n) is 7.02. The molecular formula is C26H27BrF3NO3. The Morgan fingerprint density at radius 1 is 1.12 bits per heavy atom. The third kappa shape index (κ3) is 4.01. The molecule has 2 unspecified atom stereocenters. The molecule has 4 saturated carbocycles. The van der Waals surface area contributed by atoms with E-state index in [1.165, 1.54) is 12.5 Å². The van der Waals surface area contributed by atoms with Crippen LogP contribution in [0.25, 0.3) is 5.69 Å². The van der Waals surface area contributed by atoms with Crippen LogP contribution >= 0.6 is 15.9 Å². The normalized spacial score (nSPS) is 29.9. The largest absolute Gasteiger partial charge is 0.457 e. The molecule has 2 aromatic rings.